The highest BCUT2D eigenvalue weighted by Crippen LogP contribution is 2.42. The number of carbonyl (C=O) groups excluding carboxylic acids is 2. The number of ether oxygens (including phenoxy) is 2. The highest BCUT2D eigenvalue weighted by molar-refractivity contribution is 7.14. The maximum Gasteiger partial charge on any atom is 0.240 e. The predicted octanol–water partition coefficient (Wildman–Crippen LogP) is 2.17. The smallest absolute Gasteiger partial charge is 0.240 e. The number of amides is 1. The van der Waals surface area contributed by atoms with Crippen LogP contribution in [0.3, 0.4) is 0 Å². The van der Waals surface area contributed by atoms with Gasteiger partial charge in [0, 0.05) is 17.2 Å². The maximum atomic E-state index is 13.6. The van der Waals surface area contributed by atoms with Crippen LogP contribution in [-0.4, -0.2) is 35.8 Å². The molecule has 1 aliphatic rings. The Bertz CT molecular complexity index is 1250. The number of methoxy groups -OCH3 is 2. The lowest BCUT2D eigenvalue weighted by molar-refractivity contribution is -0.378. The quantitative estimate of drug-likeness (QED) is 0.495. The fourth-order valence-corrected chi connectivity index (χ4v) is 4.87. The van der Waals surface area contributed by atoms with Gasteiger partial charge in [-0.3, -0.25) is 9.59 Å². The Morgan fingerprint density at radius 1 is 1.21 bits per heavy atom. The van der Waals surface area contributed by atoms with Crippen molar-refractivity contribution in [3.63, 3.8) is 0 Å². The van der Waals surface area contributed by atoms with Gasteiger partial charge in [0.2, 0.25) is 11.7 Å². The van der Waals surface area contributed by atoms with Crippen LogP contribution < -0.4 is 19.6 Å². The molecule has 0 saturated carbocycles. The van der Waals surface area contributed by atoms with Crippen LogP contribution in [0.2, 0.25) is 0 Å². The van der Waals surface area contributed by atoms with E-state index in [4.69, 9.17) is 9.47 Å². The molecule has 4 rings (SSSR count). The van der Waals surface area contributed by atoms with Gasteiger partial charge in [0.05, 0.1) is 42.4 Å². The SMILES string of the molecule is COc1ccc(C2C(C(=O)c3sc(C)nc3C)=C([O-])C(=O)N2Cc2ccc[nH+]c2)cc1OC. The number of aromatic amines is 1. The molecule has 170 valence electrons. The minimum atomic E-state index is -0.876. The lowest BCUT2D eigenvalue weighted by Gasteiger charge is -2.28. The van der Waals surface area contributed by atoms with Crippen LogP contribution in [0.25, 0.3) is 0 Å². The van der Waals surface area contributed by atoms with Gasteiger partial charge in [0.15, 0.2) is 23.9 Å². The molecule has 1 atom stereocenters. The van der Waals surface area contributed by atoms with Gasteiger partial charge in [-0.1, -0.05) is 6.07 Å². The van der Waals surface area contributed by atoms with Crippen molar-refractivity contribution < 1.29 is 29.2 Å². The highest BCUT2D eigenvalue weighted by Gasteiger charge is 2.41. The molecule has 1 amide bonds. The molecule has 3 aromatic rings. The van der Waals surface area contributed by atoms with Gasteiger partial charge in [-0.05, 0) is 43.4 Å². The monoisotopic (exact) mass is 465 g/mol. The van der Waals surface area contributed by atoms with Crippen molar-refractivity contribution in [2.75, 3.05) is 14.2 Å². The summed E-state index contributed by atoms with van der Waals surface area (Å²) >= 11 is 1.22. The number of rotatable bonds is 7. The van der Waals surface area contributed by atoms with Crippen molar-refractivity contribution in [1.29, 1.82) is 0 Å². The molecule has 1 unspecified atom stereocenters. The maximum absolute atomic E-state index is 13.6. The van der Waals surface area contributed by atoms with E-state index in [2.05, 4.69) is 9.97 Å². The molecule has 1 aromatic carbocycles. The summed E-state index contributed by atoms with van der Waals surface area (Å²) in [4.78, 5) is 35.8. The summed E-state index contributed by atoms with van der Waals surface area (Å²) in [7, 11) is 3.03. The van der Waals surface area contributed by atoms with E-state index in [0.29, 0.717) is 32.6 Å². The number of benzene rings is 1. The molecule has 0 radical (unpaired) electrons. The number of aryl methyl sites for hydroxylation is 2. The fourth-order valence-electron chi connectivity index (χ4n) is 3.99. The molecule has 0 fully saturated rings. The minimum Gasteiger partial charge on any atom is -0.868 e. The van der Waals surface area contributed by atoms with Gasteiger partial charge < -0.3 is 19.5 Å². The van der Waals surface area contributed by atoms with Crippen molar-refractivity contribution in [2.45, 2.75) is 26.4 Å². The average Bonchev–Trinajstić information content (AvgIpc) is 3.29. The number of thiazole rings is 1. The van der Waals surface area contributed by atoms with Crippen molar-refractivity contribution in [2.24, 2.45) is 0 Å². The number of nitrogens with zero attached hydrogens (tertiary/aromatic N) is 2. The van der Waals surface area contributed by atoms with E-state index in [1.54, 1.807) is 44.4 Å². The van der Waals surface area contributed by atoms with E-state index in [-0.39, 0.29) is 12.1 Å². The van der Waals surface area contributed by atoms with E-state index >= 15 is 0 Å². The topological polar surface area (TPSA) is 106 Å². The number of H-pyrrole nitrogens is 1. The average molecular weight is 466 g/mol. The summed E-state index contributed by atoms with van der Waals surface area (Å²) < 4.78 is 10.7. The Balaban J connectivity index is 1.85. The summed E-state index contributed by atoms with van der Waals surface area (Å²) in [6, 6.07) is 7.90. The van der Waals surface area contributed by atoms with Crippen LogP contribution in [-0.2, 0) is 11.3 Å². The van der Waals surface area contributed by atoms with Crippen LogP contribution in [0.1, 0.15) is 37.5 Å². The Kier molecular flexibility index (Phi) is 6.15. The summed E-state index contributed by atoms with van der Waals surface area (Å²) in [5.74, 6) is -1.06. The lowest BCUT2D eigenvalue weighted by Crippen LogP contribution is -2.32. The number of pyridine rings is 1. The molecule has 3 heterocycles. The van der Waals surface area contributed by atoms with E-state index in [1.807, 2.05) is 12.1 Å². The Morgan fingerprint density at radius 3 is 2.58 bits per heavy atom. The zero-order chi connectivity index (χ0) is 23.7. The first kappa shape index (κ1) is 22.5. The second-order valence-corrected chi connectivity index (χ2v) is 8.78. The Morgan fingerprint density at radius 2 is 1.97 bits per heavy atom. The summed E-state index contributed by atoms with van der Waals surface area (Å²) in [6.07, 6.45) is 3.50. The molecular formula is C24H23N3O5S. The number of Topliss-reactive ketones (excluding diaryl/α,β-unsaturated/α-hetero) is 1. The van der Waals surface area contributed by atoms with Gasteiger partial charge in [0.25, 0.3) is 0 Å². The van der Waals surface area contributed by atoms with Crippen molar-refractivity contribution in [3.8, 4) is 11.5 Å². The molecule has 33 heavy (non-hydrogen) atoms. The largest absolute Gasteiger partial charge is 0.868 e. The minimum absolute atomic E-state index is 0.0844. The summed E-state index contributed by atoms with van der Waals surface area (Å²) in [5.41, 5.74) is 1.83. The molecule has 0 saturated heterocycles. The molecule has 1 aliphatic heterocycles. The molecule has 8 nitrogen and oxygen atoms in total. The first-order valence-electron chi connectivity index (χ1n) is 10.2. The molecule has 2 aromatic heterocycles. The number of hydrogen-bond donors (Lipinski definition) is 0. The third-order valence-corrected chi connectivity index (χ3v) is 6.56. The van der Waals surface area contributed by atoms with Crippen LogP contribution in [0.5, 0.6) is 11.5 Å². The van der Waals surface area contributed by atoms with Crippen LogP contribution in [0.15, 0.2) is 54.1 Å². The number of nitrogens with one attached hydrogen (secondary N) is 1. The first-order valence-corrected chi connectivity index (χ1v) is 11.0. The van der Waals surface area contributed by atoms with Gasteiger partial charge >= 0.3 is 0 Å². The van der Waals surface area contributed by atoms with Crippen molar-refractivity contribution >= 4 is 23.0 Å². The molecular weight excluding hydrogens is 442 g/mol. The predicted molar refractivity (Wildman–Crippen MR) is 119 cm³/mol. The summed E-state index contributed by atoms with van der Waals surface area (Å²) in [5, 5.41) is 13.9. The van der Waals surface area contributed by atoms with Crippen molar-refractivity contribution in [1.82, 2.24) is 9.88 Å². The number of carbonyl (C=O) groups is 2. The van der Waals surface area contributed by atoms with E-state index in [1.165, 1.54) is 30.5 Å². The summed E-state index contributed by atoms with van der Waals surface area (Å²) in [6.45, 7) is 3.67. The lowest BCUT2D eigenvalue weighted by atomic mass is 9.94. The molecule has 0 bridgehead atoms. The normalized spacial score (nSPS) is 15.8. The molecule has 0 aliphatic carbocycles. The van der Waals surface area contributed by atoms with Crippen LogP contribution in [0, 0.1) is 13.8 Å². The van der Waals surface area contributed by atoms with E-state index < -0.39 is 23.5 Å². The van der Waals surface area contributed by atoms with Crippen molar-refractivity contribution in [3.05, 3.63) is 80.8 Å². The number of hydrogen-bond acceptors (Lipinski definition) is 7. The van der Waals surface area contributed by atoms with Gasteiger partial charge in [-0.2, -0.15) is 0 Å². The number of ketones is 1. The highest BCUT2D eigenvalue weighted by atomic mass is 32.1. The molecule has 1 N–H and O–H groups in total. The standard InChI is InChI=1S/C24H23N3O5S/c1-13-23(33-14(2)26-13)21(28)19-20(16-7-8-17(31-3)18(10-16)32-4)27(24(30)22(19)29)12-15-6-5-9-25-11-15/h5-11,20,29H,12H2,1-4H3. The van der Waals surface area contributed by atoms with Gasteiger partial charge in [-0.15, -0.1) is 11.3 Å². The van der Waals surface area contributed by atoms with Gasteiger partial charge in [-0.25, -0.2) is 9.97 Å². The Hall–Kier alpha value is -3.72. The second kappa shape index (κ2) is 9.03. The third-order valence-electron chi connectivity index (χ3n) is 5.49. The Labute approximate surface area is 195 Å². The molecule has 9 heteroatoms. The van der Waals surface area contributed by atoms with Crippen LogP contribution in [0.4, 0.5) is 0 Å². The van der Waals surface area contributed by atoms with E-state index in [9.17, 15) is 14.7 Å². The third kappa shape index (κ3) is 4.07. The van der Waals surface area contributed by atoms with E-state index in [0.717, 1.165) is 5.56 Å². The first-order chi connectivity index (χ1) is 15.8. The van der Waals surface area contributed by atoms with Crippen LogP contribution >= 0.6 is 11.3 Å². The second-order valence-electron chi connectivity index (χ2n) is 7.58. The van der Waals surface area contributed by atoms with Gasteiger partial charge in [0.1, 0.15) is 0 Å². The number of aromatic nitrogens is 2. The fraction of sp³-hybridized carbons (Fsp3) is 0.250. The zero-order valence-electron chi connectivity index (χ0n) is 18.7. The zero-order valence-corrected chi connectivity index (χ0v) is 19.5. The molecule has 0 spiro atoms.